The minimum atomic E-state index is -0.648. The minimum absolute atomic E-state index is 0.204. The van der Waals surface area contributed by atoms with Crippen molar-refractivity contribution >= 4 is 79.5 Å². The quantitative estimate of drug-likeness (QED) is 0.0491. The first-order valence-corrected chi connectivity index (χ1v) is 20.0. The highest BCUT2D eigenvalue weighted by molar-refractivity contribution is 6.10. The van der Waals surface area contributed by atoms with Gasteiger partial charge in [0.15, 0.2) is 0 Å². The van der Waals surface area contributed by atoms with Crippen LogP contribution >= 0.6 is 0 Å². The van der Waals surface area contributed by atoms with E-state index >= 15 is 0 Å². The lowest BCUT2D eigenvalue weighted by molar-refractivity contribution is -0.123. The molecular weight excluding hydrogens is 783 g/mol. The Balaban J connectivity index is 0.998. The van der Waals surface area contributed by atoms with Gasteiger partial charge in [-0.3, -0.25) is 28.8 Å². The van der Waals surface area contributed by atoms with Crippen LogP contribution in [0.2, 0.25) is 0 Å². The van der Waals surface area contributed by atoms with Gasteiger partial charge in [-0.25, -0.2) is 0 Å². The molecule has 0 spiro atoms. The maximum atomic E-state index is 13.3. The Morgan fingerprint density at radius 1 is 0.475 bits per heavy atom. The molecule has 0 fully saturated rings. The molecule has 61 heavy (non-hydrogen) atoms. The third-order valence-corrected chi connectivity index (χ3v) is 9.91. The molecule has 0 saturated heterocycles. The standard InChI is InChI=1S/C42H51N13O6/c43-11-1-3-29(45)38(57)47-13-15-49-40(59)34-18-23-5-8-27(21-32(23)54-34)51-37(56)25-7-10-31-26(17-25)20-36(53-31)42(61)52-28-9-6-24-19-35(55-33(24)22-28)41(60)50-16-14-48-39(58)30(46)4-2-12-44/h5-10,17-22,29-30,53-55H,1-4,11-16,43-46H2,(H,47,57)(H,48,58)(H,49,59)(H,50,60)(H,51,56)(H,52,61)/t29-,30-/m0/s1. The van der Waals surface area contributed by atoms with Crippen LogP contribution in [0.25, 0.3) is 32.7 Å². The summed E-state index contributed by atoms with van der Waals surface area (Å²) in [6, 6.07) is 19.2. The fraction of sp³-hybridized carbons (Fsp3) is 0.286. The average Bonchev–Trinajstić information content (AvgIpc) is 4.01. The number of aromatic nitrogens is 3. The molecule has 17 N–H and O–H groups in total. The van der Waals surface area contributed by atoms with Crippen LogP contribution in [-0.2, 0) is 9.59 Å². The SMILES string of the molecule is NCCC[C@H](N)C(=O)NCCNC(=O)c1cc2ccc(NC(=O)c3ccc4[nH]c(C(=O)Nc5ccc6cc(C(=O)NCCNC(=O)[C@@H](N)CCCN)[nH]c6c5)cc4c3)cc2[nH]1. The van der Waals surface area contributed by atoms with Gasteiger partial charge in [0, 0.05) is 75.8 Å². The largest absolute Gasteiger partial charge is 0.353 e. The molecule has 0 saturated carbocycles. The smallest absolute Gasteiger partial charge is 0.272 e. The van der Waals surface area contributed by atoms with Gasteiger partial charge in [0.2, 0.25) is 11.8 Å². The van der Waals surface area contributed by atoms with Crippen molar-refractivity contribution in [2.45, 2.75) is 37.8 Å². The number of carbonyl (C=O) groups is 6. The van der Waals surface area contributed by atoms with E-state index in [9.17, 15) is 28.8 Å². The zero-order valence-electron chi connectivity index (χ0n) is 33.4. The molecule has 2 atom stereocenters. The van der Waals surface area contributed by atoms with E-state index in [1.165, 1.54) is 0 Å². The van der Waals surface area contributed by atoms with Gasteiger partial charge in [0.05, 0.1) is 12.1 Å². The lowest BCUT2D eigenvalue weighted by Crippen LogP contribution is -2.43. The predicted molar refractivity (Wildman–Crippen MR) is 234 cm³/mol. The van der Waals surface area contributed by atoms with E-state index in [2.05, 4.69) is 46.9 Å². The number of anilines is 2. The van der Waals surface area contributed by atoms with Gasteiger partial charge in [-0.15, -0.1) is 0 Å². The molecule has 3 heterocycles. The molecular formula is C42H51N13O6. The van der Waals surface area contributed by atoms with E-state index in [0.29, 0.717) is 89.0 Å². The number of fused-ring (bicyclic) bond motifs is 3. The molecule has 19 nitrogen and oxygen atoms in total. The van der Waals surface area contributed by atoms with Gasteiger partial charge in [-0.05, 0) is 99.4 Å². The van der Waals surface area contributed by atoms with Gasteiger partial charge in [0.25, 0.3) is 23.6 Å². The summed E-state index contributed by atoms with van der Waals surface area (Å²) in [5, 5.41) is 18.8. The number of hydrogen-bond donors (Lipinski definition) is 13. The molecule has 19 heteroatoms. The number of H-pyrrole nitrogens is 3. The Kier molecular flexibility index (Phi) is 14.5. The maximum Gasteiger partial charge on any atom is 0.272 e. The Bertz CT molecular complexity index is 2420. The summed E-state index contributed by atoms with van der Waals surface area (Å²) in [6.45, 7) is 1.76. The van der Waals surface area contributed by atoms with Crippen LogP contribution in [-0.4, -0.2) is 102 Å². The van der Waals surface area contributed by atoms with E-state index in [4.69, 9.17) is 22.9 Å². The van der Waals surface area contributed by atoms with Crippen molar-refractivity contribution in [3.63, 3.8) is 0 Å². The van der Waals surface area contributed by atoms with Gasteiger partial charge in [0.1, 0.15) is 17.1 Å². The molecule has 0 aliphatic heterocycles. The zero-order valence-corrected chi connectivity index (χ0v) is 33.4. The van der Waals surface area contributed by atoms with Crippen LogP contribution in [0.3, 0.4) is 0 Å². The van der Waals surface area contributed by atoms with Crippen molar-refractivity contribution in [1.82, 2.24) is 36.2 Å². The first-order valence-electron chi connectivity index (χ1n) is 20.0. The van der Waals surface area contributed by atoms with Crippen molar-refractivity contribution < 1.29 is 28.8 Å². The maximum absolute atomic E-state index is 13.3. The second kappa shape index (κ2) is 20.3. The van der Waals surface area contributed by atoms with Gasteiger partial charge in [-0.2, -0.15) is 0 Å². The molecule has 0 aliphatic rings. The molecule has 320 valence electrons. The first kappa shape index (κ1) is 43.5. The highest BCUT2D eigenvalue weighted by Gasteiger charge is 2.17. The average molecular weight is 834 g/mol. The van der Waals surface area contributed by atoms with E-state index in [0.717, 1.165) is 10.8 Å². The third-order valence-electron chi connectivity index (χ3n) is 9.91. The van der Waals surface area contributed by atoms with Gasteiger partial charge in [-0.1, -0.05) is 12.1 Å². The number of nitrogens with two attached hydrogens (primary N) is 4. The van der Waals surface area contributed by atoms with Gasteiger partial charge >= 0.3 is 0 Å². The van der Waals surface area contributed by atoms with Crippen molar-refractivity contribution in [3.8, 4) is 0 Å². The summed E-state index contributed by atoms with van der Waals surface area (Å²) in [5.74, 6) is -2.09. The molecule has 0 radical (unpaired) electrons. The summed E-state index contributed by atoms with van der Waals surface area (Å²) >= 11 is 0. The fourth-order valence-corrected chi connectivity index (χ4v) is 6.57. The van der Waals surface area contributed by atoms with Crippen molar-refractivity contribution in [2.24, 2.45) is 22.9 Å². The van der Waals surface area contributed by atoms with Crippen molar-refractivity contribution in [1.29, 1.82) is 0 Å². The van der Waals surface area contributed by atoms with Crippen LogP contribution < -0.4 is 54.8 Å². The topological polar surface area (TPSA) is 326 Å². The molecule has 6 amide bonds. The summed E-state index contributed by atoms with van der Waals surface area (Å²) in [6.07, 6.45) is 2.27. The number of aromatic amines is 3. The van der Waals surface area contributed by atoms with E-state index in [1.807, 2.05) is 0 Å². The molecule has 3 aromatic heterocycles. The molecule has 0 bridgehead atoms. The predicted octanol–water partition coefficient (Wildman–Crippen LogP) is 1.46. The summed E-state index contributed by atoms with van der Waals surface area (Å²) < 4.78 is 0. The molecule has 0 unspecified atom stereocenters. The number of nitrogens with one attached hydrogen (secondary N) is 9. The molecule has 3 aromatic carbocycles. The van der Waals surface area contributed by atoms with Crippen LogP contribution in [0.5, 0.6) is 0 Å². The number of carbonyl (C=O) groups excluding carboxylic acids is 6. The summed E-state index contributed by atoms with van der Waals surface area (Å²) in [7, 11) is 0. The number of rotatable bonds is 20. The molecule has 0 aliphatic carbocycles. The van der Waals surface area contributed by atoms with Crippen LogP contribution in [0, 0.1) is 0 Å². The van der Waals surface area contributed by atoms with Crippen LogP contribution in [0.4, 0.5) is 11.4 Å². The van der Waals surface area contributed by atoms with Crippen molar-refractivity contribution in [3.05, 3.63) is 95.4 Å². The van der Waals surface area contributed by atoms with Gasteiger partial charge < -0.3 is 69.8 Å². The fourth-order valence-electron chi connectivity index (χ4n) is 6.57. The van der Waals surface area contributed by atoms with E-state index in [1.54, 1.807) is 72.8 Å². The Morgan fingerprint density at radius 3 is 1.43 bits per heavy atom. The number of hydrogen-bond acceptors (Lipinski definition) is 10. The lowest BCUT2D eigenvalue weighted by atomic mass is 10.1. The summed E-state index contributed by atoms with van der Waals surface area (Å²) in [5.41, 5.74) is 26.8. The highest BCUT2D eigenvalue weighted by Crippen LogP contribution is 2.24. The zero-order chi connectivity index (χ0) is 43.5. The Morgan fingerprint density at radius 2 is 0.918 bits per heavy atom. The van der Waals surface area contributed by atoms with Crippen LogP contribution in [0.1, 0.15) is 67.5 Å². The summed E-state index contributed by atoms with van der Waals surface area (Å²) in [4.78, 5) is 85.4. The second-order valence-electron chi connectivity index (χ2n) is 14.5. The Hall–Kier alpha value is -7.06. The normalized spacial score (nSPS) is 12.2. The third kappa shape index (κ3) is 11.4. The minimum Gasteiger partial charge on any atom is -0.353 e. The first-order chi connectivity index (χ1) is 29.4. The number of amides is 6. The van der Waals surface area contributed by atoms with E-state index < -0.39 is 18.0 Å². The lowest BCUT2D eigenvalue weighted by Gasteiger charge is -2.11. The molecule has 6 aromatic rings. The Labute approximate surface area is 349 Å². The molecule has 6 rings (SSSR count). The monoisotopic (exact) mass is 833 g/mol. The van der Waals surface area contributed by atoms with Crippen molar-refractivity contribution in [2.75, 3.05) is 49.9 Å². The van der Waals surface area contributed by atoms with Crippen LogP contribution in [0.15, 0.2) is 72.8 Å². The second-order valence-corrected chi connectivity index (χ2v) is 14.5. The van der Waals surface area contributed by atoms with E-state index in [-0.39, 0.29) is 61.4 Å². The highest BCUT2D eigenvalue weighted by atomic mass is 16.2. The number of benzene rings is 3.